The minimum Gasteiger partial charge on any atom is -0.465 e. The van der Waals surface area contributed by atoms with Crippen molar-refractivity contribution in [1.82, 2.24) is 14.8 Å². The summed E-state index contributed by atoms with van der Waals surface area (Å²) in [6.07, 6.45) is 9.18. The number of nitrogens with one attached hydrogen (secondary N) is 1. The van der Waals surface area contributed by atoms with E-state index in [2.05, 4.69) is 57.8 Å². The lowest BCUT2D eigenvalue weighted by atomic mass is 9.81. The Kier molecular flexibility index (Phi) is 7.25. The lowest BCUT2D eigenvalue weighted by Crippen LogP contribution is -2.48. The third kappa shape index (κ3) is 4.52. The van der Waals surface area contributed by atoms with E-state index in [0.717, 1.165) is 51.0 Å². The molecule has 1 N–H and O–H groups in total. The van der Waals surface area contributed by atoms with Crippen molar-refractivity contribution >= 4 is 28.5 Å². The van der Waals surface area contributed by atoms with Crippen LogP contribution in [0.15, 0.2) is 36.4 Å². The fourth-order valence-corrected chi connectivity index (χ4v) is 8.44. The number of fused-ring (bicyclic) bond motifs is 4. The molecule has 42 heavy (non-hydrogen) atoms. The molecule has 3 aromatic rings. The standard InChI is InChI=1S/C35H44N4O3/c1-22(2)38-17-8-13-29(38)34(40)36-28-16-18-37-19-20-39-30-21-24(35(41)42-3)14-15-26(30)31(23-9-5-4-6-10-23)33(39)27-12-7-11-25(28)32(27)37/h7,11-12,14-15,21-23,28-29H,4-6,8-10,13,16-20H2,1-3H3,(H,36,40)/t28-,29+/m1/s1. The highest BCUT2D eigenvalue weighted by molar-refractivity contribution is 6.00. The van der Waals surface area contributed by atoms with Crippen molar-refractivity contribution in [2.24, 2.45) is 0 Å². The van der Waals surface area contributed by atoms with E-state index in [0.29, 0.717) is 17.5 Å². The number of likely N-dealkylation sites (tertiary alicyclic amines) is 1. The van der Waals surface area contributed by atoms with Crippen molar-refractivity contribution < 1.29 is 14.3 Å². The van der Waals surface area contributed by atoms with Crippen LogP contribution in [0.1, 0.15) is 98.7 Å². The summed E-state index contributed by atoms with van der Waals surface area (Å²) in [5.74, 6) is 0.393. The third-order valence-electron chi connectivity index (χ3n) is 10.4. The highest BCUT2D eigenvalue weighted by atomic mass is 16.5. The normalized spacial score (nSPS) is 22.6. The Morgan fingerprint density at radius 3 is 2.55 bits per heavy atom. The first-order chi connectivity index (χ1) is 20.5. The SMILES string of the molecule is COC(=O)c1ccc2c(C3CCCCC3)c3n(c2c1)CCN1CC[C@@H](NC(=O)[C@@H]2CCCN2C(C)C)c2cccc-3c21. The van der Waals surface area contributed by atoms with Gasteiger partial charge in [0.25, 0.3) is 0 Å². The number of carbonyl (C=O) groups is 2. The number of carbonyl (C=O) groups excluding carboxylic acids is 2. The van der Waals surface area contributed by atoms with Crippen molar-refractivity contribution in [1.29, 1.82) is 0 Å². The first kappa shape index (κ1) is 27.5. The predicted octanol–water partition coefficient (Wildman–Crippen LogP) is 6.40. The summed E-state index contributed by atoms with van der Waals surface area (Å²) in [6, 6.07) is 13.2. The number of para-hydroxylation sites is 1. The smallest absolute Gasteiger partial charge is 0.337 e. The molecule has 1 aromatic heterocycles. The van der Waals surface area contributed by atoms with E-state index in [-0.39, 0.29) is 24.0 Å². The molecular weight excluding hydrogens is 524 g/mol. The average Bonchev–Trinajstić information content (AvgIpc) is 3.60. The summed E-state index contributed by atoms with van der Waals surface area (Å²) in [5.41, 5.74) is 8.28. The molecular formula is C35H44N4O3. The van der Waals surface area contributed by atoms with E-state index in [1.807, 2.05) is 12.1 Å². The van der Waals surface area contributed by atoms with Gasteiger partial charge in [0.05, 0.1) is 36.1 Å². The number of benzene rings is 2. The highest BCUT2D eigenvalue weighted by Gasteiger charge is 2.37. The number of nitrogens with zero attached hydrogens (tertiary/aromatic N) is 3. The zero-order chi connectivity index (χ0) is 29.0. The molecule has 0 radical (unpaired) electrons. The highest BCUT2D eigenvalue weighted by Crippen LogP contribution is 2.50. The minimum atomic E-state index is -0.292. The first-order valence-corrected chi connectivity index (χ1v) is 16.1. The second-order valence-corrected chi connectivity index (χ2v) is 13.0. The lowest BCUT2D eigenvalue weighted by Gasteiger charge is -2.37. The van der Waals surface area contributed by atoms with Gasteiger partial charge in [0, 0.05) is 42.1 Å². The summed E-state index contributed by atoms with van der Waals surface area (Å²) in [6.45, 7) is 8.07. The van der Waals surface area contributed by atoms with Crippen LogP contribution in [-0.2, 0) is 16.1 Å². The number of anilines is 1. The lowest BCUT2D eigenvalue weighted by molar-refractivity contribution is -0.126. The predicted molar refractivity (Wildman–Crippen MR) is 167 cm³/mol. The van der Waals surface area contributed by atoms with Gasteiger partial charge < -0.3 is 19.5 Å². The summed E-state index contributed by atoms with van der Waals surface area (Å²) >= 11 is 0. The second-order valence-electron chi connectivity index (χ2n) is 13.0. The number of methoxy groups -OCH3 is 1. The molecule has 1 aliphatic carbocycles. The van der Waals surface area contributed by atoms with E-state index in [1.165, 1.54) is 72.7 Å². The van der Waals surface area contributed by atoms with Crippen LogP contribution in [0, 0.1) is 0 Å². The zero-order valence-corrected chi connectivity index (χ0v) is 25.3. The molecule has 0 spiro atoms. The van der Waals surface area contributed by atoms with Gasteiger partial charge in [-0.3, -0.25) is 9.69 Å². The first-order valence-electron chi connectivity index (χ1n) is 16.1. The number of rotatable bonds is 5. The Morgan fingerprint density at radius 2 is 1.76 bits per heavy atom. The van der Waals surface area contributed by atoms with Crippen LogP contribution in [0.5, 0.6) is 0 Å². The fourth-order valence-electron chi connectivity index (χ4n) is 8.44. The van der Waals surface area contributed by atoms with E-state index in [1.54, 1.807) is 0 Å². The van der Waals surface area contributed by atoms with Crippen molar-refractivity contribution in [3.8, 4) is 11.3 Å². The van der Waals surface area contributed by atoms with Crippen LogP contribution in [0.4, 0.5) is 5.69 Å². The van der Waals surface area contributed by atoms with Gasteiger partial charge in [-0.1, -0.05) is 43.5 Å². The molecule has 7 heteroatoms. The largest absolute Gasteiger partial charge is 0.465 e. The number of aromatic nitrogens is 1. The third-order valence-corrected chi connectivity index (χ3v) is 10.4. The number of esters is 1. The van der Waals surface area contributed by atoms with Gasteiger partial charge >= 0.3 is 5.97 Å². The molecule has 3 aliphatic heterocycles. The number of hydrogen-bond donors (Lipinski definition) is 1. The molecule has 0 unspecified atom stereocenters. The van der Waals surface area contributed by atoms with E-state index in [9.17, 15) is 9.59 Å². The molecule has 7 nitrogen and oxygen atoms in total. The maximum atomic E-state index is 13.6. The molecule has 0 bridgehead atoms. The minimum absolute atomic E-state index is 0.0123. The van der Waals surface area contributed by atoms with Gasteiger partial charge in [-0.2, -0.15) is 0 Å². The summed E-state index contributed by atoms with van der Waals surface area (Å²) in [5, 5.41) is 4.78. The maximum absolute atomic E-state index is 13.6. The van der Waals surface area contributed by atoms with Crippen LogP contribution in [-0.4, -0.2) is 60.2 Å². The van der Waals surface area contributed by atoms with E-state index >= 15 is 0 Å². The van der Waals surface area contributed by atoms with Crippen molar-refractivity contribution in [2.45, 2.75) is 95.8 Å². The Labute approximate surface area is 249 Å². The van der Waals surface area contributed by atoms with Gasteiger partial charge in [-0.05, 0) is 81.7 Å². The summed E-state index contributed by atoms with van der Waals surface area (Å²) < 4.78 is 7.58. The van der Waals surface area contributed by atoms with E-state index < -0.39 is 0 Å². The van der Waals surface area contributed by atoms with Crippen molar-refractivity contribution in [3.63, 3.8) is 0 Å². The Morgan fingerprint density at radius 1 is 0.929 bits per heavy atom. The molecule has 4 heterocycles. The van der Waals surface area contributed by atoms with Gasteiger partial charge in [0.1, 0.15) is 0 Å². The molecule has 1 amide bonds. The van der Waals surface area contributed by atoms with Gasteiger partial charge in [-0.15, -0.1) is 0 Å². The van der Waals surface area contributed by atoms with Gasteiger partial charge in [0.15, 0.2) is 0 Å². The molecule has 1 saturated heterocycles. The number of ether oxygens (including phenoxy) is 1. The van der Waals surface area contributed by atoms with Crippen molar-refractivity contribution in [2.75, 3.05) is 31.6 Å². The molecule has 2 aromatic carbocycles. The summed E-state index contributed by atoms with van der Waals surface area (Å²) in [7, 11) is 1.45. The summed E-state index contributed by atoms with van der Waals surface area (Å²) in [4.78, 5) is 31.1. The number of amides is 1. The second kappa shape index (κ2) is 11.1. The van der Waals surface area contributed by atoms with Crippen LogP contribution in [0.2, 0.25) is 0 Å². The van der Waals surface area contributed by atoms with Gasteiger partial charge in [0.2, 0.25) is 5.91 Å². The topological polar surface area (TPSA) is 66.8 Å². The Bertz CT molecular complexity index is 1520. The molecule has 7 rings (SSSR count). The fraction of sp³-hybridized carbons (Fsp3) is 0.543. The van der Waals surface area contributed by atoms with Crippen molar-refractivity contribution in [3.05, 3.63) is 53.1 Å². The molecule has 1 saturated carbocycles. The van der Waals surface area contributed by atoms with E-state index in [4.69, 9.17) is 4.74 Å². The zero-order valence-electron chi connectivity index (χ0n) is 25.3. The molecule has 222 valence electrons. The quantitative estimate of drug-likeness (QED) is 0.361. The van der Waals surface area contributed by atoms with Crippen LogP contribution in [0.25, 0.3) is 22.2 Å². The average molecular weight is 569 g/mol. The molecule has 2 atom stereocenters. The molecule has 2 fully saturated rings. The Hall–Kier alpha value is -3.32. The monoisotopic (exact) mass is 568 g/mol. The van der Waals surface area contributed by atoms with Crippen LogP contribution in [0.3, 0.4) is 0 Å². The van der Waals surface area contributed by atoms with Crippen LogP contribution < -0.4 is 10.2 Å². The van der Waals surface area contributed by atoms with Crippen LogP contribution >= 0.6 is 0 Å². The number of hydrogen-bond acceptors (Lipinski definition) is 5. The maximum Gasteiger partial charge on any atom is 0.337 e. The van der Waals surface area contributed by atoms with Gasteiger partial charge in [-0.25, -0.2) is 4.79 Å². The Balaban J connectivity index is 1.34. The molecule has 4 aliphatic rings.